The fourth-order valence-corrected chi connectivity index (χ4v) is 3.75. The van der Waals surface area contributed by atoms with Crippen LogP contribution in [0.4, 0.5) is 10.2 Å². The molecule has 3 heterocycles. The molecule has 1 aromatic carbocycles. The monoisotopic (exact) mass is 391 g/mol. The van der Waals surface area contributed by atoms with E-state index in [-0.39, 0.29) is 5.82 Å². The summed E-state index contributed by atoms with van der Waals surface area (Å²) in [5.74, 6) is 1.88. The highest BCUT2D eigenvalue weighted by atomic mass is 19.1. The van der Waals surface area contributed by atoms with Crippen molar-refractivity contribution >= 4 is 5.82 Å². The summed E-state index contributed by atoms with van der Waals surface area (Å²) in [6, 6.07) is 12.8. The third-order valence-electron chi connectivity index (χ3n) is 5.44. The van der Waals surface area contributed by atoms with Crippen LogP contribution in [0, 0.1) is 5.82 Å². The van der Waals surface area contributed by atoms with Crippen LogP contribution in [0.15, 0.2) is 54.9 Å². The minimum absolute atomic E-state index is 0.183. The Morgan fingerprint density at radius 1 is 1.07 bits per heavy atom. The van der Waals surface area contributed by atoms with Crippen molar-refractivity contribution in [2.75, 3.05) is 32.1 Å². The molecule has 3 aromatic rings. The average molecular weight is 391 g/mol. The molecular formula is C23H26FN5. The number of piperidine rings is 1. The van der Waals surface area contributed by atoms with E-state index in [4.69, 9.17) is 9.97 Å². The summed E-state index contributed by atoms with van der Waals surface area (Å²) in [5.41, 5.74) is 3.19. The van der Waals surface area contributed by atoms with Gasteiger partial charge in [-0.1, -0.05) is 12.1 Å². The lowest BCUT2D eigenvalue weighted by Crippen LogP contribution is -2.32. The Bertz CT molecular complexity index is 935. The maximum Gasteiger partial charge on any atom is 0.163 e. The Hall–Kier alpha value is -2.86. The van der Waals surface area contributed by atoms with E-state index >= 15 is 0 Å². The number of nitrogens with zero attached hydrogens (tertiary/aromatic N) is 5. The molecule has 0 aliphatic carbocycles. The molecule has 0 unspecified atom stereocenters. The van der Waals surface area contributed by atoms with Gasteiger partial charge in [-0.05, 0) is 55.8 Å². The first kappa shape index (κ1) is 19.5. The number of halogens is 1. The van der Waals surface area contributed by atoms with Gasteiger partial charge in [-0.3, -0.25) is 9.88 Å². The van der Waals surface area contributed by atoms with Crippen molar-refractivity contribution in [3.05, 3.63) is 71.9 Å². The van der Waals surface area contributed by atoms with Crippen LogP contribution in [0.1, 0.15) is 30.0 Å². The number of hydrogen-bond donors (Lipinski definition) is 0. The lowest BCUT2D eigenvalue weighted by Gasteiger charge is -2.32. The first-order valence-corrected chi connectivity index (χ1v) is 10.0. The molecule has 0 N–H and O–H groups in total. The average Bonchev–Trinajstić information content (AvgIpc) is 2.76. The molecule has 1 fully saturated rings. The second kappa shape index (κ2) is 8.66. The summed E-state index contributed by atoms with van der Waals surface area (Å²) in [6.45, 7) is 2.87. The van der Waals surface area contributed by atoms with E-state index in [9.17, 15) is 4.39 Å². The predicted octanol–water partition coefficient (Wildman–Crippen LogP) is 4.12. The molecule has 0 saturated carbocycles. The van der Waals surface area contributed by atoms with Crippen molar-refractivity contribution in [2.45, 2.75) is 25.3 Å². The van der Waals surface area contributed by atoms with Gasteiger partial charge in [0.25, 0.3) is 0 Å². The summed E-state index contributed by atoms with van der Waals surface area (Å²) in [4.78, 5) is 18.3. The van der Waals surface area contributed by atoms with E-state index in [2.05, 4.69) is 16.0 Å². The molecule has 1 aliphatic heterocycles. The minimum Gasteiger partial charge on any atom is -0.363 e. The van der Waals surface area contributed by atoms with Gasteiger partial charge in [0.05, 0.1) is 0 Å². The van der Waals surface area contributed by atoms with Gasteiger partial charge < -0.3 is 4.90 Å². The second-order valence-corrected chi connectivity index (χ2v) is 7.79. The molecule has 0 radical (unpaired) electrons. The molecule has 1 saturated heterocycles. The van der Waals surface area contributed by atoms with Crippen molar-refractivity contribution in [2.24, 2.45) is 0 Å². The summed E-state index contributed by atoms with van der Waals surface area (Å²) in [5, 5.41) is 0. The number of hydrogen-bond acceptors (Lipinski definition) is 5. The van der Waals surface area contributed by atoms with Crippen molar-refractivity contribution in [1.82, 2.24) is 19.9 Å². The fourth-order valence-electron chi connectivity index (χ4n) is 3.75. The standard InChI is InChI=1S/C23H26FN5/c1-28(2)22-14-21(26-23(27-22)19-4-3-11-25-15-19)18-9-12-29(13-10-18)16-17-5-7-20(24)8-6-17/h3-8,11,14-15,18H,9-10,12-13,16H2,1-2H3. The largest absolute Gasteiger partial charge is 0.363 e. The number of pyridine rings is 1. The molecule has 2 aromatic heterocycles. The van der Waals surface area contributed by atoms with Gasteiger partial charge in [-0.25, -0.2) is 14.4 Å². The quantitative estimate of drug-likeness (QED) is 0.655. The van der Waals surface area contributed by atoms with E-state index in [0.717, 1.165) is 60.9 Å². The lowest BCUT2D eigenvalue weighted by molar-refractivity contribution is 0.203. The number of rotatable bonds is 5. The van der Waals surface area contributed by atoms with Crippen LogP contribution in [0.5, 0.6) is 0 Å². The maximum absolute atomic E-state index is 13.1. The highest BCUT2D eigenvalue weighted by Crippen LogP contribution is 2.30. The van der Waals surface area contributed by atoms with Crippen LogP contribution in [0.2, 0.25) is 0 Å². The molecule has 6 heteroatoms. The van der Waals surface area contributed by atoms with Crippen LogP contribution in [-0.4, -0.2) is 47.0 Å². The molecular weight excluding hydrogens is 365 g/mol. The highest BCUT2D eigenvalue weighted by Gasteiger charge is 2.23. The molecule has 0 amide bonds. The highest BCUT2D eigenvalue weighted by molar-refractivity contribution is 5.56. The molecule has 1 aliphatic rings. The van der Waals surface area contributed by atoms with Gasteiger partial charge in [0.2, 0.25) is 0 Å². The van der Waals surface area contributed by atoms with E-state index < -0.39 is 0 Å². The van der Waals surface area contributed by atoms with Gasteiger partial charge in [-0.2, -0.15) is 0 Å². The first-order chi connectivity index (χ1) is 14.1. The van der Waals surface area contributed by atoms with Crippen molar-refractivity contribution in [3.63, 3.8) is 0 Å². The smallest absolute Gasteiger partial charge is 0.163 e. The van der Waals surface area contributed by atoms with Crippen LogP contribution in [0.3, 0.4) is 0 Å². The summed E-state index contributed by atoms with van der Waals surface area (Å²) in [7, 11) is 4.01. The molecule has 0 atom stereocenters. The van der Waals surface area contributed by atoms with Crippen molar-refractivity contribution in [3.8, 4) is 11.4 Å². The Morgan fingerprint density at radius 3 is 2.48 bits per heavy atom. The van der Waals surface area contributed by atoms with Gasteiger partial charge in [0, 0.05) is 56.3 Å². The Balaban J connectivity index is 1.48. The Kier molecular flexibility index (Phi) is 5.81. The number of anilines is 1. The van der Waals surface area contributed by atoms with Crippen LogP contribution in [-0.2, 0) is 6.54 Å². The predicted molar refractivity (Wildman–Crippen MR) is 113 cm³/mol. The van der Waals surface area contributed by atoms with Gasteiger partial charge in [0.1, 0.15) is 11.6 Å². The van der Waals surface area contributed by atoms with Crippen molar-refractivity contribution < 1.29 is 4.39 Å². The third-order valence-corrected chi connectivity index (χ3v) is 5.44. The molecule has 5 nitrogen and oxygen atoms in total. The number of likely N-dealkylation sites (tertiary alicyclic amines) is 1. The van der Waals surface area contributed by atoms with E-state index in [1.165, 1.54) is 12.1 Å². The Labute approximate surface area is 171 Å². The maximum atomic E-state index is 13.1. The lowest BCUT2D eigenvalue weighted by atomic mass is 9.92. The zero-order valence-electron chi connectivity index (χ0n) is 16.9. The SMILES string of the molecule is CN(C)c1cc(C2CCN(Cc3ccc(F)cc3)CC2)nc(-c2cccnc2)n1. The normalized spacial score (nSPS) is 15.4. The third kappa shape index (κ3) is 4.77. The van der Waals surface area contributed by atoms with Gasteiger partial charge in [-0.15, -0.1) is 0 Å². The zero-order chi connectivity index (χ0) is 20.2. The summed E-state index contributed by atoms with van der Waals surface area (Å²) >= 11 is 0. The van der Waals surface area contributed by atoms with Crippen LogP contribution < -0.4 is 4.90 Å². The summed E-state index contributed by atoms with van der Waals surface area (Å²) < 4.78 is 13.1. The zero-order valence-corrected chi connectivity index (χ0v) is 16.9. The fraction of sp³-hybridized carbons (Fsp3) is 0.348. The minimum atomic E-state index is -0.183. The number of aromatic nitrogens is 3. The molecule has 0 bridgehead atoms. The molecule has 4 rings (SSSR count). The summed E-state index contributed by atoms with van der Waals surface area (Å²) in [6.07, 6.45) is 5.68. The topological polar surface area (TPSA) is 45.2 Å². The second-order valence-electron chi connectivity index (χ2n) is 7.79. The van der Waals surface area contributed by atoms with E-state index in [1.807, 2.05) is 49.5 Å². The molecule has 29 heavy (non-hydrogen) atoms. The number of benzene rings is 1. The van der Waals surface area contributed by atoms with Gasteiger partial charge >= 0.3 is 0 Å². The van der Waals surface area contributed by atoms with Crippen LogP contribution >= 0.6 is 0 Å². The van der Waals surface area contributed by atoms with Crippen LogP contribution in [0.25, 0.3) is 11.4 Å². The molecule has 150 valence electrons. The van der Waals surface area contributed by atoms with Gasteiger partial charge in [0.15, 0.2) is 5.82 Å². The first-order valence-electron chi connectivity index (χ1n) is 10.0. The van der Waals surface area contributed by atoms with E-state index in [1.54, 1.807) is 6.20 Å². The Morgan fingerprint density at radius 2 is 1.83 bits per heavy atom. The molecule has 0 spiro atoms. The van der Waals surface area contributed by atoms with Crippen molar-refractivity contribution in [1.29, 1.82) is 0 Å². The van der Waals surface area contributed by atoms with E-state index in [0.29, 0.717) is 5.92 Å².